The van der Waals surface area contributed by atoms with Gasteiger partial charge in [0.2, 0.25) is 0 Å². The first-order valence-corrected chi connectivity index (χ1v) is 1.26. The standard InChI is InChI=1S/C3H5O.U/c1-2-3-4;/h2H2,1H3;/q-1;. The van der Waals surface area contributed by atoms with Crippen LogP contribution in [0.5, 0.6) is 0 Å². The number of rotatable bonds is 1. The van der Waals surface area contributed by atoms with E-state index < -0.39 is 0 Å². The molecule has 0 aromatic heterocycles. The van der Waals surface area contributed by atoms with Gasteiger partial charge in [-0.05, 0) is 0 Å². The van der Waals surface area contributed by atoms with Crippen LogP contribution in [0.25, 0.3) is 0 Å². The molecule has 0 aromatic rings. The van der Waals surface area contributed by atoms with E-state index in [1.165, 1.54) is 0 Å². The molecule has 5 heavy (non-hydrogen) atoms. The Kier molecular flexibility index (Phi) is 16.3. The Morgan fingerprint density at radius 1 is 1.80 bits per heavy atom. The summed E-state index contributed by atoms with van der Waals surface area (Å²) in [7, 11) is 0. The molecule has 28 valence electrons. The van der Waals surface area contributed by atoms with Crippen LogP contribution in [-0.4, -0.2) is 6.29 Å². The molecule has 0 aliphatic heterocycles. The quantitative estimate of drug-likeness (QED) is 0.644. The third-order valence-corrected chi connectivity index (χ3v) is 0.144. The average molecular weight is 295 g/mol. The summed E-state index contributed by atoms with van der Waals surface area (Å²) >= 11 is 0. The van der Waals surface area contributed by atoms with Crippen LogP contribution < -0.4 is 0 Å². The molecule has 0 saturated heterocycles. The van der Waals surface area contributed by atoms with Crippen molar-refractivity contribution in [2.75, 3.05) is 0 Å². The van der Waals surface area contributed by atoms with Crippen molar-refractivity contribution in [2.45, 2.75) is 13.3 Å². The van der Waals surface area contributed by atoms with Crippen LogP contribution in [0, 0.1) is 31.1 Å². The molecule has 0 atom stereocenters. The van der Waals surface area contributed by atoms with Gasteiger partial charge in [0.15, 0.2) is 0 Å². The molecular weight excluding hydrogens is 290 g/mol. The molecule has 0 amide bonds. The van der Waals surface area contributed by atoms with Gasteiger partial charge in [-0.25, -0.2) is 0 Å². The minimum absolute atomic E-state index is 0. The van der Waals surface area contributed by atoms with Crippen LogP contribution in [0.1, 0.15) is 13.3 Å². The summed E-state index contributed by atoms with van der Waals surface area (Å²) in [6.07, 6.45) is 2.19. The fourth-order valence-electron chi connectivity index (χ4n) is 0. The maximum Gasteiger partial charge on any atom is 0 e. The van der Waals surface area contributed by atoms with E-state index in [1.54, 1.807) is 13.2 Å². The predicted molar refractivity (Wildman–Crippen MR) is 16.0 cm³/mol. The first-order chi connectivity index (χ1) is 1.91. The van der Waals surface area contributed by atoms with Crippen LogP contribution in [0.3, 0.4) is 0 Å². The van der Waals surface area contributed by atoms with Gasteiger partial charge in [-0.15, -0.1) is 0 Å². The molecule has 0 bridgehead atoms. The maximum absolute atomic E-state index is 9.05. The molecule has 2 heteroatoms. The summed E-state index contributed by atoms with van der Waals surface area (Å²) < 4.78 is 0. The summed E-state index contributed by atoms with van der Waals surface area (Å²) in [4.78, 5) is 9.05. The fourth-order valence-corrected chi connectivity index (χ4v) is 0. The predicted octanol–water partition coefficient (Wildman–Crippen LogP) is 0.506. The van der Waals surface area contributed by atoms with Gasteiger partial charge in [-0.1, -0.05) is 6.92 Å². The van der Waals surface area contributed by atoms with Crippen LogP contribution >= 0.6 is 0 Å². The zero-order valence-electron chi connectivity index (χ0n) is 3.12. The topological polar surface area (TPSA) is 17.1 Å². The molecule has 0 radical (unpaired) electrons. The van der Waals surface area contributed by atoms with Crippen LogP contribution in [-0.2, 0) is 4.79 Å². The minimum Gasteiger partial charge on any atom is -0.542 e. The van der Waals surface area contributed by atoms with E-state index in [2.05, 4.69) is 0 Å². The van der Waals surface area contributed by atoms with Gasteiger partial charge in [0.25, 0.3) is 0 Å². The van der Waals surface area contributed by atoms with Gasteiger partial charge in [-0.2, -0.15) is 6.42 Å². The zero-order valence-corrected chi connectivity index (χ0v) is 7.28. The monoisotopic (exact) mass is 295 g/mol. The Bertz CT molecular complexity index is 20.9. The van der Waals surface area contributed by atoms with Crippen molar-refractivity contribution in [3.8, 4) is 0 Å². The third-order valence-electron chi connectivity index (χ3n) is 0.144. The van der Waals surface area contributed by atoms with Gasteiger partial charge in [0.1, 0.15) is 0 Å². The van der Waals surface area contributed by atoms with Crippen molar-refractivity contribution in [1.82, 2.24) is 0 Å². The number of hydrogen-bond acceptors (Lipinski definition) is 1. The molecule has 0 aromatic carbocycles. The van der Waals surface area contributed by atoms with Crippen LogP contribution in [0.4, 0.5) is 0 Å². The Labute approximate surface area is 55.5 Å². The van der Waals surface area contributed by atoms with Crippen molar-refractivity contribution in [2.24, 2.45) is 0 Å². The Morgan fingerprint density at radius 2 is 2.00 bits per heavy atom. The van der Waals surface area contributed by atoms with Gasteiger partial charge in [-0.3, -0.25) is 6.29 Å². The van der Waals surface area contributed by atoms with E-state index in [-0.39, 0.29) is 31.1 Å². The molecule has 0 N–H and O–H groups in total. The molecule has 0 aliphatic carbocycles. The molecule has 0 fully saturated rings. The van der Waals surface area contributed by atoms with Gasteiger partial charge < -0.3 is 4.79 Å². The summed E-state index contributed by atoms with van der Waals surface area (Å²) in [5, 5.41) is 0. The normalized spacial score (nSPS) is 5.00. The Hall–Kier alpha value is 0.722. The first-order valence-electron chi connectivity index (χ1n) is 1.26. The van der Waals surface area contributed by atoms with Crippen molar-refractivity contribution >= 4 is 6.29 Å². The molecular formula is C3H5OU-. The van der Waals surface area contributed by atoms with E-state index in [0.717, 1.165) is 0 Å². The second kappa shape index (κ2) is 8.83. The van der Waals surface area contributed by atoms with Crippen LogP contribution in [0.2, 0.25) is 0 Å². The Morgan fingerprint density at radius 3 is 2.00 bits per heavy atom. The average Bonchev–Trinajstić information content (AvgIpc) is 1.37. The van der Waals surface area contributed by atoms with Gasteiger partial charge in [0, 0.05) is 31.1 Å². The van der Waals surface area contributed by atoms with E-state index >= 15 is 0 Å². The summed E-state index contributed by atoms with van der Waals surface area (Å²) in [6, 6.07) is 0. The second-order valence-electron chi connectivity index (χ2n) is 0.498. The van der Waals surface area contributed by atoms with Gasteiger partial charge in [0.05, 0.1) is 0 Å². The second-order valence-corrected chi connectivity index (χ2v) is 0.498. The van der Waals surface area contributed by atoms with Crippen molar-refractivity contribution < 1.29 is 35.9 Å². The largest absolute Gasteiger partial charge is 0.542 e. The molecule has 0 rings (SSSR count). The van der Waals surface area contributed by atoms with E-state index in [0.29, 0.717) is 6.42 Å². The number of hydrogen-bond donors (Lipinski definition) is 0. The minimum atomic E-state index is 0. The van der Waals surface area contributed by atoms with Crippen molar-refractivity contribution in [3.63, 3.8) is 0 Å². The number of carbonyl (C=O) groups excluding carboxylic acids is 1. The smallest absolute Gasteiger partial charge is 0 e. The van der Waals surface area contributed by atoms with Crippen molar-refractivity contribution in [3.05, 3.63) is 0 Å². The van der Waals surface area contributed by atoms with Gasteiger partial charge >= 0.3 is 0 Å². The van der Waals surface area contributed by atoms with Crippen molar-refractivity contribution in [1.29, 1.82) is 0 Å². The maximum atomic E-state index is 9.05. The third kappa shape index (κ3) is 11.8. The first kappa shape index (κ1) is 9.21. The molecule has 0 spiro atoms. The Balaban J connectivity index is 0. The summed E-state index contributed by atoms with van der Waals surface area (Å²) in [5.41, 5.74) is 0. The zero-order chi connectivity index (χ0) is 3.41. The fraction of sp³-hybridized carbons (Fsp3) is 0.667. The molecule has 1 nitrogen and oxygen atoms in total. The molecule has 0 heterocycles. The van der Waals surface area contributed by atoms with E-state index in [9.17, 15) is 0 Å². The van der Waals surface area contributed by atoms with E-state index in [4.69, 9.17) is 4.79 Å². The molecule has 0 unspecified atom stereocenters. The van der Waals surface area contributed by atoms with Crippen LogP contribution in [0.15, 0.2) is 0 Å². The molecule has 0 saturated carbocycles. The summed E-state index contributed by atoms with van der Waals surface area (Å²) in [5.74, 6) is 0. The van der Waals surface area contributed by atoms with E-state index in [1.807, 2.05) is 0 Å². The molecule has 0 aliphatic rings. The summed E-state index contributed by atoms with van der Waals surface area (Å²) in [6.45, 7) is 1.76. The SMILES string of the molecule is CC[C-]=O.[U].